The number of hydrogen-bond donors (Lipinski definition) is 1. The number of nitrogens with one attached hydrogen (secondary N) is 1. The molecule has 1 amide bonds. The molecule has 4 heteroatoms. The fourth-order valence-electron chi connectivity index (χ4n) is 3.78. The molecule has 2 saturated heterocycles. The smallest absolute Gasteiger partial charge is 0.216 e. The number of nitrogens with zero attached hydrogens (tertiary/aromatic N) is 1. The highest BCUT2D eigenvalue weighted by Gasteiger charge is 2.42. The number of ether oxygens (including phenoxy) is 1. The predicted octanol–water partition coefficient (Wildman–Crippen LogP) is 2.38. The molecule has 2 aliphatic rings. The lowest BCUT2D eigenvalue weighted by Crippen LogP contribution is -2.45. The standard InChI is InChI=1S/C19H28N2O2/c1-16(22)20-15-18-7-9-19(23-18)10-13-21(14-11-19)12-8-17-5-3-2-4-6-17/h2-6,18H,7-15H2,1H3,(H,20,22)/t18-/m0/s1. The van der Waals surface area contributed by atoms with Gasteiger partial charge in [0.1, 0.15) is 0 Å². The molecule has 4 nitrogen and oxygen atoms in total. The van der Waals surface area contributed by atoms with Gasteiger partial charge in [0.05, 0.1) is 11.7 Å². The van der Waals surface area contributed by atoms with Gasteiger partial charge in [0.15, 0.2) is 0 Å². The molecule has 0 bridgehead atoms. The molecule has 1 spiro atoms. The number of piperidine rings is 1. The van der Waals surface area contributed by atoms with Crippen LogP contribution in [0.1, 0.15) is 38.2 Å². The Morgan fingerprint density at radius 1 is 1.26 bits per heavy atom. The van der Waals surface area contributed by atoms with E-state index in [1.54, 1.807) is 6.92 Å². The van der Waals surface area contributed by atoms with E-state index in [9.17, 15) is 4.79 Å². The lowest BCUT2D eigenvalue weighted by Gasteiger charge is -2.39. The van der Waals surface area contributed by atoms with Crippen molar-refractivity contribution in [3.05, 3.63) is 35.9 Å². The molecule has 1 aromatic rings. The summed E-state index contributed by atoms with van der Waals surface area (Å²) in [5, 5.41) is 2.88. The van der Waals surface area contributed by atoms with Crippen molar-refractivity contribution in [1.82, 2.24) is 10.2 Å². The van der Waals surface area contributed by atoms with E-state index in [-0.39, 0.29) is 17.6 Å². The Morgan fingerprint density at radius 3 is 2.70 bits per heavy atom. The largest absolute Gasteiger partial charge is 0.370 e. The van der Waals surface area contributed by atoms with Crippen LogP contribution in [0.3, 0.4) is 0 Å². The van der Waals surface area contributed by atoms with Gasteiger partial charge < -0.3 is 15.0 Å². The monoisotopic (exact) mass is 316 g/mol. The average molecular weight is 316 g/mol. The summed E-state index contributed by atoms with van der Waals surface area (Å²) in [6.07, 6.45) is 5.79. The van der Waals surface area contributed by atoms with Gasteiger partial charge in [-0.25, -0.2) is 0 Å². The highest BCUT2D eigenvalue weighted by atomic mass is 16.5. The third kappa shape index (κ3) is 4.55. The maximum absolute atomic E-state index is 11.0. The van der Waals surface area contributed by atoms with Gasteiger partial charge in [0.2, 0.25) is 5.91 Å². The molecule has 1 N–H and O–H groups in total. The van der Waals surface area contributed by atoms with Crippen molar-refractivity contribution < 1.29 is 9.53 Å². The molecular weight excluding hydrogens is 288 g/mol. The molecule has 0 aliphatic carbocycles. The van der Waals surface area contributed by atoms with Crippen molar-refractivity contribution >= 4 is 5.91 Å². The Balaban J connectivity index is 1.41. The summed E-state index contributed by atoms with van der Waals surface area (Å²) in [4.78, 5) is 13.6. The maximum Gasteiger partial charge on any atom is 0.216 e. The van der Waals surface area contributed by atoms with Gasteiger partial charge in [-0.05, 0) is 37.7 Å². The Hall–Kier alpha value is -1.39. The van der Waals surface area contributed by atoms with Crippen molar-refractivity contribution in [3.8, 4) is 0 Å². The number of likely N-dealkylation sites (tertiary alicyclic amines) is 1. The van der Waals surface area contributed by atoms with Gasteiger partial charge in [-0.15, -0.1) is 0 Å². The number of carbonyl (C=O) groups is 1. The molecular formula is C19H28N2O2. The van der Waals surface area contributed by atoms with Crippen molar-refractivity contribution in [1.29, 1.82) is 0 Å². The molecule has 23 heavy (non-hydrogen) atoms. The van der Waals surface area contributed by atoms with Crippen LogP contribution in [0.25, 0.3) is 0 Å². The third-order valence-electron chi connectivity index (χ3n) is 5.24. The third-order valence-corrected chi connectivity index (χ3v) is 5.24. The first kappa shape index (κ1) is 16.5. The molecule has 1 aromatic carbocycles. The minimum atomic E-state index is 0.0327. The molecule has 2 heterocycles. The zero-order chi connectivity index (χ0) is 16.1. The second kappa shape index (κ2) is 7.45. The zero-order valence-corrected chi connectivity index (χ0v) is 14.1. The van der Waals surface area contributed by atoms with Crippen LogP contribution in [0.15, 0.2) is 30.3 Å². The highest BCUT2D eigenvalue weighted by molar-refractivity contribution is 5.72. The lowest BCUT2D eigenvalue weighted by atomic mass is 9.88. The van der Waals surface area contributed by atoms with Crippen LogP contribution in [0.4, 0.5) is 0 Å². The topological polar surface area (TPSA) is 41.6 Å². The molecule has 0 unspecified atom stereocenters. The number of hydrogen-bond acceptors (Lipinski definition) is 3. The molecule has 0 radical (unpaired) electrons. The van der Waals surface area contributed by atoms with Gasteiger partial charge in [-0.3, -0.25) is 4.79 Å². The van der Waals surface area contributed by atoms with Crippen LogP contribution in [-0.2, 0) is 16.0 Å². The average Bonchev–Trinajstić information content (AvgIpc) is 2.96. The van der Waals surface area contributed by atoms with Gasteiger partial charge >= 0.3 is 0 Å². The molecule has 3 rings (SSSR count). The Kier molecular flexibility index (Phi) is 5.34. The highest BCUT2D eigenvalue weighted by Crippen LogP contribution is 2.38. The van der Waals surface area contributed by atoms with Crippen molar-refractivity contribution in [2.45, 2.75) is 50.7 Å². The van der Waals surface area contributed by atoms with Gasteiger partial charge in [0, 0.05) is 33.1 Å². The number of benzene rings is 1. The summed E-state index contributed by atoms with van der Waals surface area (Å²) in [7, 11) is 0. The summed E-state index contributed by atoms with van der Waals surface area (Å²) in [5.74, 6) is 0.0327. The first-order chi connectivity index (χ1) is 11.2. The summed E-state index contributed by atoms with van der Waals surface area (Å²) < 4.78 is 6.31. The van der Waals surface area contributed by atoms with E-state index in [0.29, 0.717) is 6.54 Å². The number of rotatable bonds is 5. The Morgan fingerprint density at radius 2 is 2.00 bits per heavy atom. The Labute approximate surface area is 139 Å². The minimum absolute atomic E-state index is 0.0327. The fourth-order valence-corrected chi connectivity index (χ4v) is 3.78. The van der Waals surface area contributed by atoms with E-state index in [4.69, 9.17) is 4.74 Å². The summed E-state index contributed by atoms with van der Waals surface area (Å²) in [5.41, 5.74) is 1.49. The van der Waals surface area contributed by atoms with Crippen molar-refractivity contribution in [2.75, 3.05) is 26.2 Å². The second-order valence-corrected chi connectivity index (χ2v) is 6.98. The van der Waals surface area contributed by atoms with E-state index in [1.165, 1.54) is 5.56 Å². The SMILES string of the molecule is CC(=O)NC[C@@H]1CCC2(CCN(CCc3ccccc3)CC2)O1. The quantitative estimate of drug-likeness (QED) is 0.907. The summed E-state index contributed by atoms with van der Waals surface area (Å²) in [6.45, 7) is 5.61. The molecule has 0 aromatic heterocycles. The van der Waals surface area contributed by atoms with E-state index in [0.717, 1.165) is 51.7 Å². The van der Waals surface area contributed by atoms with E-state index in [1.807, 2.05) is 0 Å². The van der Waals surface area contributed by atoms with Crippen molar-refractivity contribution in [3.63, 3.8) is 0 Å². The molecule has 126 valence electrons. The minimum Gasteiger partial charge on any atom is -0.370 e. The lowest BCUT2D eigenvalue weighted by molar-refractivity contribution is -0.120. The van der Waals surface area contributed by atoms with Crippen LogP contribution < -0.4 is 5.32 Å². The van der Waals surface area contributed by atoms with E-state index in [2.05, 4.69) is 40.5 Å². The zero-order valence-electron chi connectivity index (χ0n) is 14.1. The molecule has 2 aliphatic heterocycles. The number of amides is 1. The molecule has 0 saturated carbocycles. The maximum atomic E-state index is 11.0. The van der Waals surface area contributed by atoms with E-state index >= 15 is 0 Å². The van der Waals surface area contributed by atoms with Crippen LogP contribution in [-0.4, -0.2) is 48.7 Å². The summed E-state index contributed by atoms with van der Waals surface area (Å²) >= 11 is 0. The fraction of sp³-hybridized carbons (Fsp3) is 0.632. The van der Waals surface area contributed by atoms with Crippen LogP contribution >= 0.6 is 0 Å². The first-order valence-corrected chi connectivity index (χ1v) is 8.84. The van der Waals surface area contributed by atoms with Gasteiger partial charge in [-0.1, -0.05) is 30.3 Å². The Bertz CT molecular complexity index is 509. The normalized spacial score (nSPS) is 24.0. The van der Waals surface area contributed by atoms with Crippen molar-refractivity contribution in [2.24, 2.45) is 0 Å². The molecule has 2 fully saturated rings. The van der Waals surface area contributed by atoms with Crippen LogP contribution in [0.2, 0.25) is 0 Å². The first-order valence-electron chi connectivity index (χ1n) is 8.84. The van der Waals surface area contributed by atoms with Gasteiger partial charge in [-0.2, -0.15) is 0 Å². The molecule has 1 atom stereocenters. The van der Waals surface area contributed by atoms with E-state index < -0.39 is 0 Å². The number of carbonyl (C=O) groups excluding carboxylic acids is 1. The summed E-state index contributed by atoms with van der Waals surface area (Å²) in [6, 6.07) is 10.7. The van der Waals surface area contributed by atoms with Crippen LogP contribution in [0.5, 0.6) is 0 Å². The van der Waals surface area contributed by atoms with Gasteiger partial charge in [0.25, 0.3) is 0 Å². The van der Waals surface area contributed by atoms with Crippen LogP contribution in [0, 0.1) is 0 Å². The second-order valence-electron chi connectivity index (χ2n) is 6.98. The predicted molar refractivity (Wildman–Crippen MR) is 91.3 cm³/mol.